The number of aromatic nitrogens is 1. The molecule has 1 aliphatic heterocycles. The molecule has 0 amide bonds. The predicted octanol–water partition coefficient (Wildman–Crippen LogP) is 1.40. The van der Waals surface area contributed by atoms with Gasteiger partial charge in [0.15, 0.2) is 0 Å². The SMILES string of the molecule is CC1(C)OCCC1(O)c1ccc[nH]1. The lowest BCUT2D eigenvalue weighted by molar-refractivity contribution is -0.104. The summed E-state index contributed by atoms with van der Waals surface area (Å²) in [5.74, 6) is 0. The molecule has 0 bridgehead atoms. The molecule has 13 heavy (non-hydrogen) atoms. The van der Waals surface area contributed by atoms with Crippen LogP contribution in [0, 0.1) is 0 Å². The van der Waals surface area contributed by atoms with E-state index in [4.69, 9.17) is 4.74 Å². The monoisotopic (exact) mass is 181 g/mol. The van der Waals surface area contributed by atoms with Crippen molar-refractivity contribution in [1.29, 1.82) is 0 Å². The zero-order valence-corrected chi connectivity index (χ0v) is 8.00. The van der Waals surface area contributed by atoms with Gasteiger partial charge in [0.05, 0.1) is 17.9 Å². The van der Waals surface area contributed by atoms with Crippen LogP contribution in [-0.2, 0) is 10.3 Å². The van der Waals surface area contributed by atoms with Gasteiger partial charge >= 0.3 is 0 Å². The summed E-state index contributed by atoms with van der Waals surface area (Å²) in [5, 5.41) is 10.4. The minimum Gasteiger partial charge on any atom is -0.381 e. The molecule has 2 heterocycles. The van der Waals surface area contributed by atoms with Crippen molar-refractivity contribution in [1.82, 2.24) is 4.98 Å². The van der Waals surface area contributed by atoms with E-state index in [2.05, 4.69) is 4.98 Å². The van der Waals surface area contributed by atoms with E-state index < -0.39 is 11.2 Å². The Morgan fingerprint density at radius 3 is 2.77 bits per heavy atom. The molecule has 1 unspecified atom stereocenters. The van der Waals surface area contributed by atoms with Crippen molar-refractivity contribution >= 4 is 0 Å². The molecule has 1 aliphatic rings. The summed E-state index contributed by atoms with van der Waals surface area (Å²) >= 11 is 0. The van der Waals surface area contributed by atoms with Crippen LogP contribution in [-0.4, -0.2) is 22.3 Å². The highest BCUT2D eigenvalue weighted by atomic mass is 16.5. The van der Waals surface area contributed by atoms with E-state index in [1.165, 1.54) is 0 Å². The highest BCUT2D eigenvalue weighted by Crippen LogP contribution is 2.42. The second kappa shape index (κ2) is 2.59. The van der Waals surface area contributed by atoms with Crippen LogP contribution in [0.5, 0.6) is 0 Å². The van der Waals surface area contributed by atoms with Crippen LogP contribution >= 0.6 is 0 Å². The molecule has 2 rings (SSSR count). The Morgan fingerprint density at radius 2 is 2.31 bits per heavy atom. The Bertz CT molecular complexity index is 292. The Morgan fingerprint density at radius 1 is 1.54 bits per heavy atom. The van der Waals surface area contributed by atoms with Gasteiger partial charge in [0.1, 0.15) is 5.60 Å². The third-order valence-corrected chi connectivity index (χ3v) is 2.97. The minimum absolute atomic E-state index is 0.502. The molecule has 3 heteroatoms. The van der Waals surface area contributed by atoms with Crippen molar-refractivity contribution in [3.05, 3.63) is 24.0 Å². The first-order chi connectivity index (χ1) is 6.06. The zero-order valence-electron chi connectivity index (χ0n) is 8.00. The van der Waals surface area contributed by atoms with E-state index in [0.717, 1.165) is 5.69 Å². The van der Waals surface area contributed by atoms with Crippen LogP contribution in [0.2, 0.25) is 0 Å². The fraction of sp³-hybridized carbons (Fsp3) is 0.600. The summed E-state index contributed by atoms with van der Waals surface area (Å²) in [5.41, 5.74) is -0.524. The summed E-state index contributed by atoms with van der Waals surface area (Å²) in [6, 6.07) is 3.79. The van der Waals surface area contributed by atoms with Crippen LogP contribution in [0.3, 0.4) is 0 Å². The molecular weight excluding hydrogens is 166 g/mol. The average Bonchev–Trinajstić information content (AvgIpc) is 2.61. The van der Waals surface area contributed by atoms with E-state index in [1.807, 2.05) is 32.2 Å². The standard InChI is InChI=1S/C10H15NO2/c1-9(2)10(12,5-7-13-9)8-4-3-6-11-8/h3-4,6,11-12H,5,7H2,1-2H3. The summed E-state index contributed by atoms with van der Waals surface area (Å²) in [7, 11) is 0. The van der Waals surface area contributed by atoms with E-state index >= 15 is 0 Å². The van der Waals surface area contributed by atoms with Crippen molar-refractivity contribution in [3.8, 4) is 0 Å². The van der Waals surface area contributed by atoms with Crippen molar-refractivity contribution < 1.29 is 9.84 Å². The van der Waals surface area contributed by atoms with E-state index in [9.17, 15) is 5.11 Å². The molecule has 1 fully saturated rings. The highest BCUT2D eigenvalue weighted by Gasteiger charge is 2.50. The Hall–Kier alpha value is -0.800. The third-order valence-electron chi connectivity index (χ3n) is 2.97. The van der Waals surface area contributed by atoms with Crippen LogP contribution < -0.4 is 0 Å². The molecule has 0 radical (unpaired) electrons. The molecule has 0 aromatic carbocycles. The molecule has 1 saturated heterocycles. The summed E-state index contributed by atoms with van der Waals surface area (Å²) in [6.07, 6.45) is 2.47. The summed E-state index contributed by atoms with van der Waals surface area (Å²) < 4.78 is 5.51. The Labute approximate surface area is 77.7 Å². The average molecular weight is 181 g/mol. The lowest BCUT2D eigenvalue weighted by atomic mass is 9.83. The van der Waals surface area contributed by atoms with Crippen LogP contribution in [0.15, 0.2) is 18.3 Å². The largest absolute Gasteiger partial charge is 0.381 e. The number of aliphatic hydroxyl groups is 1. The fourth-order valence-corrected chi connectivity index (χ4v) is 1.92. The molecular formula is C10H15NO2. The lowest BCUT2D eigenvalue weighted by Gasteiger charge is -2.34. The van der Waals surface area contributed by atoms with Gasteiger partial charge in [0.25, 0.3) is 0 Å². The molecule has 2 N–H and O–H groups in total. The maximum atomic E-state index is 10.4. The van der Waals surface area contributed by atoms with E-state index in [-0.39, 0.29) is 0 Å². The quantitative estimate of drug-likeness (QED) is 0.688. The lowest BCUT2D eigenvalue weighted by Crippen LogP contribution is -2.43. The highest BCUT2D eigenvalue weighted by molar-refractivity contribution is 5.20. The van der Waals surface area contributed by atoms with Crippen LogP contribution in [0.4, 0.5) is 0 Å². The first-order valence-electron chi connectivity index (χ1n) is 4.56. The van der Waals surface area contributed by atoms with Crippen molar-refractivity contribution in [2.45, 2.75) is 31.5 Å². The maximum absolute atomic E-state index is 10.4. The molecule has 0 aliphatic carbocycles. The minimum atomic E-state index is -0.865. The van der Waals surface area contributed by atoms with Gasteiger partial charge in [-0.15, -0.1) is 0 Å². The zero-order chi connectivity index (χ0) is 9.53. The fourth-order valence-electron chi connectivity index (χ4n) is 1.92. The Balaban J connectivity index is 2.40. The number of hydrogen-bond donors (Lipinski definition) is 2. The number of aromatic amines is 1. The molecule has 1 aromatic heterocycles. The normalized spacial score (nSPS) is 32.2. The molecule has 0 spiro atoms. The smallest absolute Gasteiger partial charge is 0.135 e. The number of nitrogens with one attached hydrogen (secondary N) is 1. The second-order valence-electron chi connectivity index (χ2n) is 4.05. The topological polar surface area (TPSA) is 45.2 Å². The molecule has 1 aromatic rings. The number of H-pyrrole nitrogens is 1. The first kappa shape index (κ1) is 8.78. The summed E-state index contributed by atoms with van der Waals surface area (Å²) in [6.45, 7) is 4.45. The van der Waals surface area contributed by atoms with Crippen LogP contribution in [0.25, 0.3) is 0 Å². The van der Waals surface area contributed by atoms with Crippen molar-refractivity contribution in [3.63, 3.8) is 0 Å². The predicted molar refractivity (Wildman–Crippen MR) is 49.3 cm³/mol. The Kier molecular flexibility index (Phi) is 1.75. The number of hydrogen-bond acceptors (Lipinski definition) is 2. The molecule has 3 nitrogen and oxygen atoms in total. The van der Waals surface area contributed by atoms with Gasteiger partial charge in [-0.25, -0.2) is 0 Å². The van der Waals surface area contributed by atoms with Crippen molar-refractivity contribution in [2.75, 3.05) is 6.61 Å². The van der Waals surface area contributed by atoms with Gasteiger partial charge in [0.2, 0.25) is 0 Å². The van der Waals surface area contributed by atoms with Gasteiger partial charge in [-0.2, -0.15) is 0 Å². The van der Waals surface area contributed by atoms with Gasteiger partial charge in [-0.3, -0.25) is 0 Å². The van der Waals surface area contributed by atoms with E-state index in [0.29, 0.717) is 13.0 Å². The van der Waals surface area contributed by atoms with Gasteiger partial charge in [-0.1, -0.05) is 0 Å². The maximum Gasteiger partial charge on any atom is 0.135 e. The molecule has 0 saturated carbocycles. The molecule has 1 atom stereocenters. The van der Waals surface area contributed by atoms with Gasteiger partial charge < -0.3 is 14.8 Å². The van der Waals surface area contributed by atoms with Gasteiger partial charge in [0, 0.05) is 12.6 Å². The van der Waals surface area contributed by atoms with Crippen molar-refractivity contribution in [2.24, 2.45) is 0 Å². The van der Waals surface area contributed by atoms with E-state index in [1.54, 1.807) is 0 Å². The first-order valence-corrected chi connectivity index (χ1v) is 4.56. The third kappa shape index (κ3) is 1.11. The summed E-state index contributed by atoms with van der Waals surface area (Å²) in [4.78, 5) is 3.05. The van der Waals surface area contributed by atoms with Gasteiger partial charge in [-0.05, 0) is 26.0 Å². The number of rotatable bonds is 1. The number of ether oxygens (including phenoxy) is 1. The second-order valence-corrected chi connectivity index (χ2v) is 4.05. The van der Waals surface area contributed by atoms with Crippen LogP contribution in [0.1, 0.15) is 26.0 Å². The molecule has 72 valence electrons.